The maximum atomic E-state index is 12.4. The van der Waals surface area contributed by atoms with Crippen LogP contribution in [0.4, 0.5) is 0 Å². The molecule has 20 heavy (non-hydrogen) atoms. The van der Waals surface area contributed by atoms with Gasteiger partial charge in [-0.3, -0.25) is 14.6 Å². The molecule has 1 aromatic heterocycles. The monoisotopic (exact) mass is 280 g/mol. The van der Waals surface area contributed by atoms with E-state index in [1.54, 1.807) is 13.8 Å². The van der Waals surface area contributed by atoms with Crippen LogP contribution in [0.1, 0.15) is 34.7 Å². The lowest BCUT2D eigenvalue weighted by atomic mass is 10.1. The topological polar surface area (TPSA) is 96.8 Å². The van der Waals surface area contributed by atoms with E-state index in [0.717, 1.165) is 0 Å². The average molecular weight is 280 g/mol. The standard InChI is InChI=1S/C13H16N2O5/c1-8(2)15(7-10(16)20-3)12(17)11-9(13(18)19)5-4-6-14-11/h4-6,8H,7H2,1-3H3,(H,18,19). The van der Waals surface area contributed by atoms with Gasteiger partial charge in [0.2, 0.25) is 0 Å². The summed E-state index contributed by atoms with van der Waals surface area (Å²) < 4.78 is 4.53. The zero-order valence-electron chi connectivity index (χ0n) is 11.5. The first kappa shape index (κ1) is 15.6. The number of hydrogen-bond acceptors (Lipinski definition) is 5. The maximum Gasteiger partial charge on any atom is 0.338 e. The highest BCUT2D eigenvalue weighted by molar-refractivity contribution is 6.04. The quantitative estimate of drug-likeness (QED) is 0.801. The molecule has 0 spiro atoms. The summed E-state index contributed by atoms with van der Waals surface area (Å²) in [6.07, 6.45) is 1.33. The summed E-state index contributed by atoms with van der Waals surface area (Å²) in [6.45, 7) is 3.16. The van der Waals surface area contributed by atoms with E-state index in [2.05, 4.69) is 9.72 Å². The first-order valence-corrected chi connectivity index (χ1v) is 5.94. The van der Waals surface area contributed by atoms with Gasteiger partial charge in [-0.2, -0.15) is 0 Å². The Morgan fingerprint density at radius 1 is 1.40 bits per heavy atom. The van der Waals surface area contributed by atoms with E-state index >= 15 is 0 Å². The van der Waals surface area contributed by atoms with E-state index < -0.39 is 17.8 Å². The number of nitrogens with zero attached hydrogens (tertiary/aromatic N) is 2. The van der Waals surface area contributed by atoms with Crippen molar-refractivity contribution in [3.8, 4) is 0 Å². The highest BCUT2D eigenvalue weighted by atomic mass is 16.5. The van der Waals surface area contributed by atoms with Crippen LogP contribution in [0.25, 0.3) is 0 Å². The number of carboxylic acid groups (broad SMARTS) is 1. The summed E-state index contributed by atoms with van der Waals surface area (Å²) in [5.41, 5.74) is -0.398. The smallest absolute Gasteiger partial charge is 0.338 e. The van der Waals surface area contributed by atoms with Gasteiger partial charge >= 0.3 is 11.9 Å². The molecule has 0 fully saturated rings. The van der Waals surface area contributed by atoms with E-state index in [4.69, 9.17) is 5.11 Å². The number of rotatable bonds is 5. The molecule has 1 heterocycles. The SMILES string of the molecule is COC(=O)CN(C(=O)c1ncccc1C(=O)O)C(C)C. The van der Waals surface area contributed by atoms with Gasteiger partial charge in [0, 0.05) is 12.2 Å². The Morgan fingerprint density at radius 2 is 2.05 bits per heavy atom. The first-order valence-electron chi connectivity index (χ1n) is 5.94. The fourth-order valence-electron chi connectivity index (χ4n) is 1.58. The molecular weight excluding hydrogens is 264 g/mol. The van der Waals surface area contributed by atoms with Crippen molar-refractivity contribution in [1.82, 2.24) is 9.88 Å². The molecule has 0 atom stereocenters. The van der Waals surface area contributed by atoms with Gasteiger partial charge in [-0.25, -0.2) is 4.79 Å². The van der Waals surface area contributed by atoms with Gasteiger partial charge in [0.1, 0.15) is 12.2 Å². The molecule has 1 amide bonds. The Kier molecular flexibility index (Phi) is 5.19. The minimum atomic E-state index is -1.25. The summed E-state index contributed by atoms with van der Waals surface area (Å²) in [4.78, 5) is 39.8. The zero-order valence-corrected chi connectivity index (χ0v) is 11.5. The number of esters is 1. The summed E-state index contributed by atoms with van der Waals surface area (Å²) in [7, 11) is 1.22. The minimum absolute atomic E-state index is 0.197. The third-order valence-electron chi connectivity index (χ3n) is 2.65. The van der Waals surface area contributed by atoms with Crippen LogP contribution in [0.2, 0.25) is 0 Å². The molecule has 1 N–H and O–H groups in total. The minimum Gasteiger partial charge on any atom is -0.478 e. The summed E-state index contributed by atoms with van der Waals surface area (Å²) in [6, 6.07) is 2.42. The first-order chi connectivity index (χ1) is 9.38. The van der Waals surface area contributed by atoms with Gasteiger partial charge in [-0.05, 0) is 26.0 Å². The van der Waals surface area contributed by atoms with Gasteiger partial charge in [0.25, 0.3) is 5.91 Å². The molecule has 0 saturated carbocycles. The van der Waals surface area contributed by atoms with Crippen LogP contribution in [0, 0.1) is 0 Å². The van der Waals surface area contributed by atoms with Gasteiger partial charge in [0.15, 0.2) is 0 Å². The van der Waals surface area contributed by atoms with Crippen molar-refractivity contribution < 1.29 is 24.2 Å². The van der Waals surface area contributed by atoms with Gasteiger partial charge in [0.05, 0.1) is 12.7 Å². The molecule has 0 aromatic carbocycles. The predicted molar refractivity (Wildman–Crippen MR) is 69.4 cm³/mol. The van der Waals surface area contributed by atoms with E-state index in [1.165, 1.54) is 30.3 Å². The molecule has 0 aliphatic rings. The van der Waals surface area contributed by atoms with Crippen LogP contribution in [-0.4, -0.2) is 52.5 Å². The van der Waals surface area contributed by atoms with Gasteiger partial charge in [-0.1, -0.05) is 0 Å². The molecule has 0 aliphatic carbocycles. The lowest BCUT2D eigenvalue weighted by Gasteiger charge is -2.25. The predicted octanol–water partition coefficient (Wildman–Crippen LogP) is 0.803. The zero-order chi connectivity index (χ0) is 15.3. The molecule has 1 aromatic rings. The lowest BCUT2D eigenvalue weighted by Crippen LogP contribution is -2.42. The van der Waals surface area contributed by atoms with Gasteiger partial charge in [-0.15, -0.1) is 0 Å². The Balaban J connectivity index is 3.13. The van der Waals surface area contributed by atoms with Crippen molar-refractivity contribution in [2.24, 2.45) is 0 Å². The third-order valence-corrected chi connectivity index (χ3v) is 2.65. The number of hydrogen-bond donors (Lipinski definition) is 1. The van der Waals surface area contributed by atoms with Crippen molar-refractivity contribution in [2.75, 3.05) is 13.7 Å². The molecule has 0 unspecified atom stereocenters. The number of carbonyl (C=O) groups excluding carboxylic acids is 2. The van der Waals surface area contributed by atoms with Crippen molar-refractivity contribution in [1.29, 1.82) is 0 Å². The maximum absolute atomic E-state index is 12.4. The Labute approximate surface area is 116 Å². The molecule has 7 heteroatoms. The fraction of sp³-hybridized carbons (Fsp3) is 0.385. The van der Waals surface area contributed by atoms with Crippen LogP contribution in [0.5, 0.6) is 0 Å². The number of carboxylic acids is 1. The number of ether oxygens (including phenoxy) is 1. The molecule has 108 valence electrons. The molecular formula is C13H16N2O5. The Morgan fingerprint density at radius 3 is 2.55 bits per heavy atom. The van der Waals surface area contributed by atoms with Crippen molar-refractivity contribution in [2.45, 2.75) is 19.9 Å². The van der Waals surface area contributed by atoms with E-state index in [9.17, 15) is 14.4 Å². The van der Waals surface area contributed by atoms with Crippen LogP contribution in [0.3, 0.4) is 0 Å². The van der Waals surface area contributed by atoms with Crippen LogP contribution in [-0.2, 0) is 9.53 Å². The molecule has 0 bridgehead atoms. The Bertz CT molecular complexity index is 527. The fourth-order valence-corrected chi connectivity index (χ4v) is 1.58. The van der Waals surface area contributed by atoms with E-state index in [0.29, 0.717) is 0 Å². The molecule has 0 aliphatic heterocycles. The van der Waals surface area contributed by atoms with Crippen LogP contribution in [0.15, 0.2) is 18.3 Å². The number of aromatic carboxylic acids is 1. The number of pyridine rings is 1. The molecule has 1 rings (SSSR count). The summed E-state index contributed by atoms with van der Waals surface area (Å²) in [5.74, 6) is -2.45. The summed E-state index contributed by atoms with van der Waals surface area (Å²) >= 11 is 0. The van der Waals surface area contributed by atoms with Crippen molar-refractivity contribution >= 4 is 17.8 Å². The van der Waals surface area contributed by atoms with E-state index in [-0.39, 0.29) is 23.8 Å². The van der Waals surface area contributed by atoms with Crippen molar-refractivity contribution in [3.05, 3.63) is 29.6 Å². The average Bonchev–Trinajstić information content (AvgIpc) is 2.43. The lowest BCUT2D eigenvalue weighted by molar-refractivity contribution is -0.141. The molecule has 7 nitrogen and oxygen atoms in total. The normalized spacial score (nSPS) is 10.2. The highest BCUT2D eigenvalue weighted by Gasteiger charge is 2.26. The van der Waals surface area contributed by atoms with Gasteiger partial charge < -0.3 is 14.7 Å². The second-order valence-electron chi connectivity index (χ2n) is 4.31. The molecule has 0 saturated heterocycles. The van der Waals surface area contributed by atoms with Crippen LogP contribution >= 0.6 is 0 Å². The van der Waals surface area contributed by atoms with Crippen LogP contribution < -0.4 is 0 Å². The number of amides is 1. The third kappa shape index (κ3) is 3.53. The number of methoxy groups -OCH3 is 1. The second kappa shape index (κ2) is 6.65. The molecule has 0 radical (unpaired) electrons. The largest absolute Gasteiger partial charge is 0.478 e. The number of aromatic nitrogens is 1. The highest BCUT2D eigenvalue weighted by Crippen LogP contribution is 2.11. The Hall–Kier alpha value is -2.44. The number of carbonyl (C=O) groups is 3. The van der Waals surface area contributed by atoms with E-state index in [1.807, 2.05) is 0 Å². The van der Waals surface area contributed by atoms with Crippen molar-refractivity contribution in [3.63, 3.8) is 0 Å². The summed E-state index contributed by atoms with van der Waals surface area (Å²) in [5, 5.41) is 9.06. The second-order valence-corrected chi connectivity index (χ2v) is 4.31.